The zero-order chi connectivity index (χ0) is 29.7. The molecule has 41 heavy (non-hydrogen) atoms. The van der Waals surface area contributed by atoms with Crippen molar-refractivity contribution in [3.63, 3.8) is 0 Å². The summed E-state index contributed by atoms with van der Waals surface area (Å²) in [5.41, 5.74) is 1.59. The third kappa shape index (κ3) is 7.28. The molecule has 8 atom stereocenters. The summed E-state index contributed by atoms with van der Waals surface area (Å²) >= 11 is 0. The van der Waals surface area contributed by atoms with Gasteiger partial charge in [-0.25, -0.2) is 4.79 Å². The van der Waals surface area contributed by atoms with Crippen LogP contribution in [0.4, 0.5) is 0 Å². The second-order valence-corrected chi connectivity index (χ2v) is 10.3. The van der Waals surface area contributed by atoms with Crippen LogP contribution < -0.4 is 0 Å². The second-order valence-electron chi connectivity index (χ2n) is 10.3. The Labute approximate surface area is 236 Å². The lowest BCUT2D eigenvalue weighted by atomic mass is 9.85. The highest BCUT2D eigenvalue weighted by Gasteiger charge is 2.47. The minimum absolute atomic E-state index is 0.0247. The van der Waals surface area contributed by atoms with Crippen molar-refractivity contribution in [1.82, 2.24) is 0 Å². The molecule has 1 aromatic carbocycles. The maximum absolute atomic E-state index is 12.6. The fourth-order valence-corrected chi connectivity index (χ4v) is 5.12. The van der Waals surface area contributed by atoms with Crippen molar-refractivity contribution in [1.29, 1.82) is 0 Å². The van der Waals surface area contributed by atoms with Crippen molar-refractivity contribution in [3.8, 4) is 5.75 Å². The Morgan fingerprint density at radius 1 is 1.15 bits per heavy atom. The summed E-state index contributed by atoms with van der Waals surface area (Å²) in [6.07, 6.45) is -4.66. The lowest BCUT2D eigenvalue weighted by Gasteiger charge is -2.41. The topological polar surface area (TPSA) is 189 Å². The zero-order valence-electron chi connectivity index (χ0n) is 22.2. The van der Waals surface area contributed by atoms with E-state index in [1.807, 2.05) is 0 Å². The van der Waals surface area contributed by atoms with Crippen LogP contribution >= 0.6 is 0 Å². The highest BCUT2D eigenvalue weighted by atomic mass is 16.7. The molecule has 2 fully saturated rings. The number of hydrogen-bond acceptors (Lipinski definition) is 12. The van der Waals surface area contributed by atoms with Gasteiger partial charge in [0.25, 0.3) is 0 Å². The minimum atomic E-state index is -1.63. The summed E-state index contributed by atoms with van der Waals surface area (Å²) in [5.74, 6) is -2.18. The minimum Gasteiger partial charge on any atom is -0.508 e. The fourth-order valence-electron chi connectivity index (χ4n) is 5.12. The molecule has 0 saturated carbocycles. The van der Waals surface area contributed by atoms with Gasteiger partial charge in [-0.1, -0.05) is 24.8 Å². The molecule has 2 aliphatic heterocycles. The third-order valence-corrected chi connectivity index (χ3v) is 7.35. The van der Waals surface area contributed by atoms with Gasteiger partial charge in [-0.3, -0.25) is 9.59 Å². The number of carbonyl (C=O) groups excluding carboxylic acids is 3. The van der Waals surface area contributed by atoms with E-state index in [4.69, 9.17) is 18.9 Å². The first-order valence-electron chi connectivity index (χ1n) is 13.2. The molecular weight excluding hydrogens is 540 g/mol. The number of carbonyl (C=O) groups is 3. The second kappa shape index (κ2) is 13.5. The number of phenols is 1. The zero-order valence-corrected chi connectivity index (χ0v) is 22.2. The van der Waals surface area contributed by atoms with E-state index in [0.29, 0.717) is 35.8 Å². The van der Waals surface area contributed by atoms with Crippen LogP contribution in [0, 0.1) is 5.92 Å². The molecule has 2 saturated heterocycles. The van der Waals surface area contributed by atoms with Crippen LogP contribution in [0.1, 0.15) is 24.8 Å². The predicted octanol–water partition coefficient (Wildman–Crippen LogP) is -0.00360. The summed E-state index contributed by atoms with van der Waals surface area (Å²) < 4.78 is 22.1. The van der Waals surface area contributed by atoms with E-state index >= 15 is 0 Å². The van der Waals surface area contributed by atoms with Crippen LogP contribution in [-0.2, 0) is 39.8 Å². The Morgan fingerprint density at radius 2 is 1.88 bits per heavy atom. The Bertz CT molecular complexity index is 1190. The first kappa shape index (κ1) is 30.6. The molecule has 5 N–H and O–H groups in total. The summed E-state index contributed by atoms with van der Waals surface area (Å²) in [6, 6.07) is 5.86. The molecule has 0 aromatic heterocycles. The summed E-state index contributed by atoms with van der Waals surface area (Å²) in [5, 5.41) is 51.4. The van der Waals surface area contributed by atoms with Gasteiger partial charge in [0.05, 0.1) is 31.7 Å². The number of allylic oxidation sites excluding steroid dienone is 1. The monoisotopic (exact) mass is 574 g/mol. The predicted molar refractivity (Wildman–Crippen MR) is 140 cm³/mol. The van der Waals surface area contributed by atoms with Crippen LogP contribution in [0.5, 0.6) is 5.75 Å². The van der Waals surface area contributed by atoms with Crippen LogP contribution in [0.25, 0.3) is 0 Å². The summed E-state index contributed by atoms with van der Waals surface area (Å²) in [7, 11) is 0. The molecule has 0 spiro atoms. The van der Waals surface area contributed by atoms with Gasteiger partial charge in [-0.15, -0.1) is 0 Å². The van der Waals surface area contributed by atoms with Crippen molar-refractivity contribution >= 4 is 18.2 Å². The van der Waals surface area contributed by atoms with Gasteiger partial charge in [-0.2, -0.15) is 0 Å². The average molecular weight is 575 g/mol. The van der Waals surface area contributed by atoms with E-state index in [-0.39, 0.29) is 30.8 Å². The number of phenolic OH excluding ortho intramolecular Hbond substituents is 1. The molecule has 12 nitrogen and oxygen atoms in total. The van der Waals surface area contributed by atoms with E-state index in [0.717, 1.165) is 0 Å². The van der Waals surface area contributed by atoms with E-state index < -0.39 is 67.4 Å². The fraction of sp³-hybridized carbons (Fsp3) is 0.483. The summed E-state index contributed by atoms with van der Waals surface area (Å²) in [6.45, 7) is 2.93. The largest absolute Gasteiger partial charge is 0.508 e. The lowest BCUT2D eigenvalue weighted by Crippen LogP contribution is -2.60. The molecule has 1 aliphatic carbocycles. The SMILES string of the molecule is C=C1C(=O)O[C@@H]2/C=C(\CO[C@@H]3O[C@H](CO)[C@@H](O)[C@H](OC(=O)Cc4ccc(O)cc4)[C@H]3O)CC/C=C(/C=O)C[C@H](O)[C@@H]12. The number of ether oxygens (including phenoxy) is 4. The number of benzene rings is 1. The van der Waals surface area contributed by atoms with Crippen molar-refractivity contribution in [2.75, 3.05) is 13.2 Å². The van der Waals surface area contributed by atoms with Gasteiger partial charge < -0.3 is 44.5 Å². The Balaban J connectivity index is 1.47. The van der Waals surface area contributed by atoms with Gasteiger partial charge in [-0.05, 0) is 47.8 Å². The number of esters is 2. The Morgan fingerprint density at radius 3 is 2.56 bits per heavy atom. The van der Waals surface area contributed by atoms with Crippen LogP contribution in [0.3, 0.4) is 0 Å². The maximum Gasteiger partial charge on any atom is 0.334 e. The number of aliphatic hydroxyl groups excluding tert-OH is 4. The van der Waals surface area contributed by atoms with E-state index in [9.17, 15) is 39.9 Å². The third-order valence-electron chi connectivity index (χ3n) is 7.35. The van der Waals surface area contributed by atoms with E-state index in [1.54, 1.807) is 12.2 Å². The molecule has 222 valence electrons. The number of aromatic hydroxyl groups is 1. The molecule has 4 rings (SSSR count). The van der Waals surface area contributed by atoms with Gasteiger partial charge >= 0.3 is 11.9 Å². The van der Waals surface area contributed by atoms with Crippen LogP contribution in [-0.4, -0.2) is 99.9 Å². The highest BCUT2D eigenvalue weighted by Crippen LogP contribution is 2.35. The van der Waals surface area contributed by atoms with Crippen LogP contribution in [0.2, 0.25) is 0 Å². The van der Waals surface area contributed by atoms with Crippen LogP contribution in [0.15, 0.2) is 59.7 Å². The molecule has 12 heteroatoms. The summed E-state index contributed by atoms with van der Waals surface area (Å²) in [4.78, 5) is 36.3. The van der Waals surface area contributed by atoms with Crippen molar-refractivity contribution in [3.05, 3.63) is 65.3 Å². The Kier molecular flexibility index (Phi) is 10.1. The van der Waals surface area contributed by atoms with E-state index in [1.165, 1.54) is 24.3 Å². The Hall–Kier alpha value is -3.39. The van der Waals surface area contributed by atoms with Gasteiger partial charge in [0.1, 0.15) is 36.5 Å². The van der Waals surface area contributed by atoms with E-state index in [2.05, 4.69) is 6.58 Å². The normalized spacial score (nSPS) is 34.8. The molecule has 2 heterocycles. The number of aldehydes is 1. The smallest absolute Gasteiger partial charge is 0.334 e. The van der Waals surface area contributed by atoms with Gasteiger partial charge in [0.15, 0.2) is 12.4 Å². The first-order chi connectivity index (χ1) is 19.6. The quantitative estimate of drug-likeness (QED) is 0.121. The molecule has 0 amide bonds. The number of hydrogen-bond donors (Lipinski definition) is 5. The molecule has 0 unspecified atom stereocenters. The molecule has 0 bridgehead atoms. The van der Waals surface area contributed by atoms with Crippen molar-refractivity contribution in [2.24, 2.45) is 5.92 Å². The van der Waals surface area contributed by atoms with Gasteiger partial charge in [0.2, 0.25) is 0 Å². The average Bonchev–Trinajstić information content (AvgIpc) is 3.23. The molecule has 1 aromatic rings. The number of fused-ring (bicyclic) bond motifs is 1. The maximum atomic E-state index is 12.6. The number of rotatable bonds is 8. The number of aliphatic hydroxyl groups is 4. The van der Waals surface area contributed by atoms with Crippen molar-refractivity contribution in [2.45, 2.75) is 68.6 Å². The van der Waals surface area contributed by atoms with Crippen molar-refractivity contribution < 1.29 is 58.9 Å². The first-order valence-corrected chi connectivity index (χ1v) is 13.2. The molecule has 3 aliphatic rings. The lowest BCUT2D eigenvalue weighted by molar-refractivity contribution is -0.301. The highest BCUT2D eigenvalue weighted by molar-refractivity contribution is 5.91. The molecular formula is C29H34O12. The molecule has 0 radical (unpaired) electrons. The van der Waals surface area contributed by atoms with Gasteiger partial charge in [0, 0.05) is 12.0 Å². The standard InChI is InChI=1S/C29H34O12/c1-15-24-20(33)9-17(12-30)3-2-4-18(10-21(24)39-28(15)37)14-38-29-26(36)27(25(35)22(13-31)40-29)41-23(34)11-16-5-7-19(32)8-6-16/h3,5-8,10,12,20-22,24-27,29,31-33,35-36H,1-2,4,9,11,13-14H2/b17-3+,18-10-/t20-,21+,22+,24+,25+,26+,27-,29+/m0/s1.